The summed E-state index contributed by atoms with van der Waals surface area (Å²) < 4.78 is 0. The summed E-state index contributed by atoms with van der Waals surface area (Å²) in [4.78, 5) is 3.97. The van der Waals surface area contributed by atoms with E-state index in [1.807, 2.05) is 30.3 Å². The van der Waals surface area contributed by atoms with Gasteiger partial charge in [0, 0.05) is 11.3 Å². The molecule has 0 saturated heterocycles. The van der Waals surface area contributed by atoms with Crippen molar-refractivity contribution in [2.24, 2.45) is 22.2 Å². The molecule has 0 aliphatic heterocycles. The van der Waals surface area contributed by atoms with Crippen molar-refractivity contribution in [2.75, 3.05) is 0 Å². The highest BCUT2D eigenvalue weighted by Gasteiger charge is 2.01. The molecular formula is C10H14N4. The molecule has 0 aromatic heterocycles. The summed E-state index contributed by atoms with van der Waals surface area (Å²) in [7, 11) is 0. The Kier molecular flexibility index (Phi) is 3.12. The van der Waals surface area contributed by atoms with Crippen molar-refractivity contribution in [1.29, 1.82) is 0 Å². The van der Waals surface area contributed by atoms with Gasteiger partial charge in [-0.2, -0.15) is 0 Å². The van der Waals surface area contributed by atoms with Gasteiger partial charge in [0.2, 0.25) is 0 Å². The zero-order valence-corrected chi connectivity index (χ0v) is 8.07. The van der Waals surface area contributed by atoms with Crippen LogP contribution in [0.25, 0.3) is 5.70 Å². The molecule has 0 amide bonds. The van der Waals surface area contributed by atoms with Crippen molar-refractivity contribution >= 4 is 11.7 Å². The van der Waals surface area contributed by atoms with Gasteiger partial charge >= 0.3 is 0 Å². The standard InChI is InChI=1S/C10H14N4/c1-7(11)9(14-10(12)13)8-5-3-2-4-6-8/h2-6H,11H2,1H3,(H4,12,13,14)/b9-7-. The minimum atomic E-state index is 0.00801. The highest BCUT2D eigenvalue weighted by atomic mass is 15.0. The lowest BCUT2D eigenvalue weighted by molar-refractivity contribution is 1.27. The van der Waals surface area contributed by atoms with E-state index in [9.17, 15) is 0 Å². The molecule has 74 valence electrons. The molecule has 0 unspecified atom stereocenters. The summed E-state index contributed by atoms with van der Waals surface area (Å²) in [5.41, 5.74) is 18.4. The van der Waals surface area contributed by atoms with E-state index in [4.69, 9.17) is 17.2 Å². The Hall–Kier alpha value is -1.97. The van der Waals surface area contributed by atoms with Crippen LogP contribution in [0.3, 0.4) is 0 Å². The molecule has 6 N–H and O–H groups in total. The summed E-state index contributed by atoms with van der Waals surface area (Å²) in [5.74, 6) is 0.00801. The van der Waals surface area contributed by atoms with E-state index in [2.05, 4.69) is 4.99 Å². The maximum atomic E-state index is 5.68. The normalized spacial score (nSPS) is 11.8. The quantitative estimate of drug-likeness (QED) is 0.471. The van der Waals surface area contributed by atoms with Gasteiger partial charge in [-0.15, -0.1) is 0 Å². The second-order valence-electron chi connectivity index (χ2n) is 2.93. The molecule has 0 aliphatic carbocycles. The van der Waals surface area contributed by atoms with Crippen LogP contribution in [-0.4, -0.2) is 5.96 Å². The Morgan fingerprint density at radius 3 is 2.07 bits per heavy atom. The largest absolute Gasteiger partial charge is 0.401 e. The highest BCUT2D eigenvalue weighted by Crippen LogP contribution is 2.16. The van der Waals surface area contributed by atoms with Gasteiger partial charge in [-0.1, -0.05) is 30.3 Å². The Morgan fingerprint density at radius 2 is 1.64 bits per heavy atom. The molecular weight excluding hydrogens is 176 g/mol. The van der Waals surface area contributed by atoms with Crippen LogP contribution in [-0.2, 0) is 0 Å². The van der Waals surface area contributed by atoms with Crippen LogP contribution in [0.4, 0.5) is 0 Å². The lowest BCUT2D eigenvalue weighted by atomic mass is 10.1. The third-order valence-electron chi connectivity index (χ3n) is 1.66. The van der Waals surface area contributed by atoms with Crippen LogP contribution < -0.4 is 17.2 Å². The molecule has 0 spiro atoms. The molecule has 0 fully saturated rings. The van der Waals surface area contributed by atoms with Crippen LogP contribution >= 0.6 is 0 Å². The van der Waals surface area contributed by atoms with E-state index in [-0.39, 0.29) is 5.96 Å². The molecule has 4 heteroatoms. The average molecular weight is 190 g/mol. The summed E-state index contributed by atoms with van der Waals surface area (Å²) in [6.45, 7) is 1.76. The number of guanidine groups is 1. The van der Waals surface area contributed by atoms with Gasteiger partial charge in [-0.3, -0.25) is 0 Å². The highest BCUT2D eigenvalue weighted by molar-refractivity contribution is 5.84. The fourth-order valence-electron chi connectivity index (χ4n) is 1.11. The first-order chi connectivity index (χ1) is 6.61. The first-order valence-corrected chi connectivity index (χ1v) is 4.22. The molecule has 4 nitrogen and oxygen atoms in total. The SMILES string of the molecule is C/C(N)=C(/N=C(N)N)c1ccccc1. The Morgan fingerprint density at radius 1 is 1.07 bits per heavy atom. The molecule has 0 bridgehead atoms. The van der Waals surface area contributed by atoms with E-state index in [1.54, 1.807) is 6.92 Å². The molecule has 0 saturated carbocycles. The monoisotopic (exact) mass is 190 g/mol. The number of nitrogens with two attached hydrogens (primary N) is 3. The van der Waals surface area contributed by atoms with E-state index in [1.165, 1.54) is 0 Å². The van der Waals surface area contributed by atoms with Crippen molar-refractivity contribution < 1.29 is 0 Å². The Labute approximate surface area is 83.1 Å². The average Bonchev–Trinajstić information content (AvgIpc) is 2.15. The lowest BCUT2D eigenvalue weighted by Crippen LogP contribution is -2.22. The van der Waals surface area contributed by atoms with E-state index < -0.39 is 0 Å². The van der Waals surface area contributed by atoms with Crippen molar-refractivity contribution in [2.45, 2.75) is 6.92 Å². The maximum Gasteiger partial charge on any atom is 0.191 e. The van der Waals surface area contributed by atoms with Gasteiger partial charge in [-0.25, -0.2) is 4.99 Å². The van der Waals surface area contributed by atoms with Crippen molar-refractivity contribution in [3.63, 3.8) is 0 Å². The molecule has 0 aliphatic rings. The Bertz CT molecular complexity index is 357. The minimum absolute atomic E-state index is 0.00801. The predicted molar refractivity (Wildman–Crippen MR) is 59.0 cm³/mol. The maximum absolute atomic E-state index is 5.68. The van der Waals surface area contributed by atoms with Gasteiger partial charge in [-0.05, 0) is 6.92 Å². The second-order valence-corrected chi connectivity index (χ2v) is 2.93. The first kappa shape index (κ1) is 10.1. The van der Waals surface area contributed by atoms with Gasteiger partial charge in [0.15, 0.2) is 5.96 Å². The zero-order chi connectivity index (χ0) is 10.6. The molecule has 0 radical (unpaired) electrons. The molecule has 14 heavy (non-hydrogen) atoms. The third kappa shape index (κ3) is 2.52. The molecule has 0 atom stereocenters. The summed E-state index contributed by atoms with van der Waals surface area (Å²) >= 11 is 0. The second kappa shape index (κ2) is 4.32. The molecule has 0 heterocycles. The molecule has 1 aromatic carbocycles. The number of hydrogen-bond donors (Lipinski definition) is 3. The zero-order valence-electron chi connectivity index (χ0n) is 8.07. The Balaban J connectivity index is 3.17. The fourth-order valence-corrected chi connectivity index (χ4v) is 1.11. The van der Waals surface area contributed by atoms with Gasteiger partial charge in [0.1, 0.15) is 0 Å². The number of aliphatic imine (C=N–C) groups is 1. The van der Waals surface area contributed by atoms with Crippen LogP contribution in [0.15, 0.2) is 41.0 Å². The summed E-state index contributed by atoms with van der Waals surface area (Å²) in [5, 5.41) is 0. The number of nitrogens with zero attached hydrogens (tertiary/aromatic N) is 1. The van der Waals surface area contributed by atoms with Gasteiger partial charge in [0.05, 0.1) is 5.70 Å². The van der Waals surface area contributed by atoms with Crippen LogP contribution in [0.2, 0.25) is 0 Å². The van der Waals surface area contributed by atoms with Crippen LogP contribution in [0, 0.1) is 0 Å². The first-order valence-electron chi connectivity index (χ1n) is 4.22. The predicted octanol–water partition coefficient (Wildman–Crippen LogP) is 0.607. The summed E-state index contributed by atoms with van der Waals surface area (Å²) in [6, 6.07) is 9.53. The van der Waals surface area contributed by atoms with Crippen molar-refractivity contribution in [3.8, 4) is 0 Å². The van der Waals surface area contributed by atoms with Crippen molar-refractivity contribution in [1.82, 2.24) is 0 Å². The van der Waals surface area contributed by atoms with E-state index in [0.29, 0.717) is 11.4 Å². The minimum Gasteiger partial charge on any atom is -0.401 e. The van der Waals surface area contributed by atoms with Crippen LogP contribution in [0.1, 0.15) is 12.5 Å². The number of hydrogen-bond acceptors (Lipinski definition) is 2. The fraction of sp³-hybridized carbons (Fsp3) is 0.100. The number of rotatable bonds is 2. The van der Waals surface area contributed by atoms with Gasteiger partial charge < -0.3 is 17.2 Å². The lowest BCUT2D eigenvalue weighted by Gasteiger charge is -2.04. The third-order valence-corrected chi connectivity index (χ3v) is 1.66. The van der Waals surface area contributed by atoms with Gasteiger partial charge in [0.25, 0.3) is 0 Å². The van der Waals surface area contributed by atoms with E-state index >= 15 is 0 Å². The smallest absolute Gasteiger partial charge is 0.191 e. The van der Waals surface area contributed by atoms with Crippen LogP contribution in [0.5, 0.6) is 0 Å². The topological polar surface area (TPSA) is 90.4 Å². The number of benzene rings is 1. The molecule has 1 aromatic rings. The summed E-state index contributed by atoms with van der Waals surface area (Å²) in [6.07, 6.45) is 0. The molecule has 1 rings (SSSR count). The number of allylic oxidation sites excluding steroid dienone is 1. The van der Waals surface area contributed by atoms with E-state index in [0.717, 1.165) is 5.56 Å². The van der Waals surface area contributed by atoms with Crippen molar-refractivity contribution in [3.05, 3.63) is 41.6 Å².